The van der Waals surface area contributed by atoms with E-state index in [0.29, 0.717) is 0 Å². The van der Waals surface area contributed by atoms with Crippen LogP contribution in [0.4, 0.5) is 0 Å². The minimum Gasteiger partial charge on any atom is -0.311 e. The van der Waals surface area contributed by atoms with Crippen LogP contribution in [0.2, 0.25) is 0 Å². The average Bonchev–Trinajstić information content (AvgIpc) is 3.03. The van der Waals surface area contributed by atoms with Crippen LogP contribution in [0, 0.1) is 0 Å². The van der Waals surface area contributed by atoms with E-state index in [9.17, 15) is 0 Å². The van der Waals surface area contributed by atoms with Crippen molar-refractivity contribution in [3.8, 4) is 5.82 Å². The average molecular weight is 334 g/mol. The second-order valence-electron chi connectivity index (χ2n) is 4.59. The summed E-state index contributed by atoms with van der Waals surface area (Å²) in [5.41, 5.74) is 2.05. The van der Waals surface area contributed by atoms with Crippen molar-refractivity contribution in [3.63, 3.8) is 0 Å². The molecule has 0 amide bonds. The first-order valence-corrected chi connectivity index (χ1v) is 7.46. The zero-order chi connectivity index (χ0) is 13.9. The Morgan fingerprint density at radius 1 is 1.35 bits per heavy atom. The van der Waals surface area contributed by atoms with E-state index in [1.54, 1.807) is 10.9 Å². The summed E-state index contributed by atoms with van der Waals surface area (Å²) in [6.07, 6.45) is 6.84. The topological polar surface area (TPSA) is 47.2 Å². The van der Waals surface area contributed by atoms with Gasteiger partial charge in [0.1, 0.15) is 5.65 Å². The zero-order valence-electron chi connectivity index (χ0n) is 11.3. The van der Waals surface area contributed by atoms with Gasteiger partial charge in [0, 0.05) is 18.9 Å². The van der Waals surface area contributed by atoms with E-state index in [4.69, 9.17) is 0 Å². The Bertz CT molecular complexity index is 715. The fourth-order valence-electron chi connectivity index (χ4n) is 2.18. The smallest absolute Gasteiger partial charge is 0.176 e. The molecule has 3 aromatic rings. The molecule has 0 saturated carbocycles. The molecular formula is C14H16BrN5. The molecule has 0 unspecified atom stereocenters. The van der Waals surface area contributed by atoms with Crippen LogP contribution in [-0.4, -0.2) is 25.7 Å². The first kappa shape index (κ1) is 13.3. The summed E-state index contributed by atoms with van der Waals surface area (Å²) < 4.78 is 4.86. The summed E-state index contributed by atoms with van der Waals surface area (Å²) in [7, 11) is 0. The molecule has 20 heavy (non-hydrogen) atoms. The fraction of sp³-hybridized carbons (Fsp3) is 0.286. The highest BCUT2D eigenvalue weighted by Gasteiger charge is 2.13. The molecule has 5 nitrogen and oxygen atoms in total. The van der Waals surface area contributed by atoms with E-state index >= 15 is 0 Å². The van der Waals surface area contributed by atoms with Crippen molar-refractivity contribution in [2.24, 2.45) is 0 Å². The molecule has 0 aliphatic carbocycles. The maximum Gasteiger partial charge on any atom is 0.176 e. The summed E-state index contributed by atoms with van der Waals surface area (Å²) in [6, 6.07) is 6.01. The van der Waals surface area contributed by atoms with Gasteiger partial charge in [-0.25, -0.2) is 9.67 Å². The number of halogens is 1. The summed E-state index contributed by atoms with van der Waals surface area (Å²) in [5, 5.41) is 7.77. The van der Waals surface area contributed by atoms with Crippen molar-refractivity contribution in [1.29, 1.82) is 0 Å². The number of aromatic nitrogens is 4. The van der Waals surface area contributed by atoms with Gasteiger partial charge >= 0.3 is 0 Å². The highest BCUT2D eigenvalue weighted by Crippen LogP contribution is 2.18. The summed E-state index contributed by atoms with van der Waals surface area (Å²) in [4.78, 5) is 4.68. The molecule has 0 radical (unpaired) electrons. The van der Waals surface area contributed by atoms with E-state index in [2.05, 4.69) is 42.7 Å². The van der Waals surface area contributed by atoms with Gasteiger partial charge in [0.2, 0.25) is 0 Å². The summed E-state index contributed by atoms with van der Waals surface area (Å²) >= 11 is 3.43. The third kappa shape index (κ3) is 2.48. The Balaban J connectivity index is 2.07. The van der Waals surface area contributed by atoms with Gasteiger partial charge in [-0.3, -0.25) is 0 Å². The third-order valence-corrected chi connectivity index (χ3v) is 3.50. The molecule has 0 atom stereocenters. The molecule has 0 aliphatic heterocycles. The second-order valence-corrected chi connectivity index (χ2v) is 5.51. The molecule has 0 saturated heterocycles. The van der Waals surface area contributed by atoms with Crippen molar-refractivity contribution in [2.75, 3.05) is 6.54 Å². The van der Waals surface area contributed by atoms with Crippen molar-refractivity contribution in [1.82, 2.24) is 24.5 Å². The highest BCUT2D eigenvalue weighted by molar-refractivity contribution is 9.10. The van der Waals surface area contributed by atoms with Gasteiger partial charge in [0.15, 0.2) is 5.82 Å². The Morgan fingerprint density at radius 3 is 3.00 bits per heavy atom. The van der Waals surface area contributed by atoms with Crippen LogP contribution in [0.5, 0.6) is 0 Å². The number of rotatable bonds is 5. The first-order valence-electron chi connectivity index (χ1n) is 6.67. The van der Waals surface area contributed by atoms with E-state index in [1.165, 1.54) is 0 Å². The van der Waals surface area contributed by atoms with Gasteiger partial charge in [-0.1, -0.05) is 13.0 Å². The Hall–Kier alpha value is -1.66. The molecule has 0 bridgehead atoms. The van der Waals surface area contributed by atoms with Gasteiger partial charge in [-0.15, -0.1) is 0 Å². The van der Waals surface area contributed by atoms with Crippen molar-refractivity contribution in [3.05, 3.63) is 47.0 Å². The fourth-order valence-corrected chi connectivity index (χ4v) is 2.47. The van der Waals surface area contributed by atoms with Crippen molar-refractivity contribution >= 4 is 21.6 Å². The minimum absolute atomic E-state index is 0.770. The van der Waals surface area contributed by atoms with Crippen LogP contribution < -0.4 is 5.32 Å². The molecule has 1 N–H and O–H groups in total. The molecule has 0 spiro atoms. The van der Waals surface area contributed by atoms with E-state index in [0.717, 1.165) is 41.1 Å². The molecule has 3 heterocycles. The molecule has 0 aliphatic rings. The predicted molar refractivity (Wildman–Crippen MR) is 82.0 cm³/mol. The number of hydrogen-bond acceptors (Lipinski definition) is 3. The molecule has 6 heteroatoms. The number of fused-ring (bicyclic) bond motifs is 1. The molecule has 0 fully saturated rings. The normalized spacial score (nSPS) is 11.3. The molecular weight excluding hydrogens is 318 g/mol. The van der Waals surface area contributed by atoms with Crippen molar-refractivity contribution in [2.45, 2.75) is 19.9 Å². The Labute approximate surface area is 125 Å². The second kappa shape index (κ2) is 5.76. The molecule has 0 aromatic carbocycles. The monoisotopic (exact) mass is 333 g/mol. The Kier molecular flexibility index (Phi) is 3.84. The number of nitrogens with one attached hydrogen (secondary N) is 1. The van der Waals surface area contributed by atoms with Gasteiger partial charge < -0.3 is 9.72 Å². The number of hydrogen-bond donors (Lipinski definition) is 1. The predicted octanol–water partition coefficient (Wildman–Crippen LogP) is 2.78. The SMILES string of the molecule is CCCNCc1c(-n2cc(Br)cn2)nc2ccccn12. The van der Waals surface area contributed by atoms with Crippen LogP contribution in [0.15, 0.2) is 41.3 Å². The molecule has 3 rings (SSSR count). The van der Waals surface area contributed by atoms with Gasteiger partial charge in [0.25, 0.3) is 0 Å². The Morgan fingerprint density at radius 2 is 2.25 bits per heavy atom. The quantitative estimate of drug-likeness (QED) is 0.730. The lowest BCUT2D eigenvalue weighted by molar-refractivity contribution is 0.654. The van der Waals surface area contributed by atoms with Crippen LogP contribution in [0.1, 0.15) is 19.0 Å². The van der Waals surface area contributed by atoms with Crippen LogP contribution in [0.25, 0.3) is 11.5 Å². The molecule has 3 aromatic heterocycles. The number of nitrogens with zero attached hydrogens (tertiary/aromatic N) is 4. The number of pyridine rings is 1. The standard InChI is InChI=1S/C14H16BrN5/c1-2-6-16-9-12-14(20-10-11(15)8-17-20)18-13-5-3-4-7-19(12)13/h3-5,7-8,10,16H,2,6,9H2,1H3. The maximum atomic E-state index is 4.68. The zero-order valence-corrected chi connectivity index (χ0v) is 12.8. The van der Waals surface area contributed by atoms with Crippen LogP contribution in [0.3, 0.4) is 0 Å². The van der Waals surface area contributed by atoms with Crippen LogP contribution in [-0.2, 0) is 6.54 Å². The van der Waals surface area contributed by atoms with Gasteiger partial charge in [0.05, 0.1) is 16.4 Å². The van der Waals surface area contributed by atoms with Gasteiger partial charge in [-0.05, 0) is 41.0 Å². The first-order chi connectivity index (χ1) is 9.79. The minimum atomic E-state index is 0.770. The summed E-state index contributed by atoms with van der Waals surface area (Å²) in [6.45, 7) is 3.92. The third-order valence-electron chi connectivity index (χ3n) is 3.10. The lowest BCUT2D eigenvalue weighted by atomic mass is 10.4. The van der Waals surface area contributed by atoms with Crippen molar-refractivity contribution < 1.29 is 0 Å². The largest absolute Gasteiger partial charge is 0.311 e. The van der Waals surface area contributed by atoms with Gasteiger partial charge in [-0.2, -0.15) is 5.10 Å². The number of imidazole rings is 1. The van der Waals surface area contributed by atoms with Crippen LogP contribution >= 0.6 is 15.9 Å². The summed E-state index contributed by atoms with van der Waals surface area (Å²) in [5.74, 6) is 0.866. The van der Waals surface area contributed by atoms with E-state index in [-0.39, 0.29) is 0 Å². The van der Waals surface area contributed by atoms with E-state index < -0.39 is 0 Å². The maximum absolute atomic E-state index is 4.68. The highest BCUT2D eigenvalue weighted by atomic mass is 79.9. The lowest BCUT2D eigenvalue weighted by Gasteiger charge is -2.06. The van der Waals surface area contributed by atoms with E-state index in [1.807, 2.05) is 30.6 Å². The molecule has 104 valence electrons. The lowest BCUT2D eigenvalue weighted by Crippen LogP contribution is -2.17.